The van der Waals surface area contributed by atoms with Crippen LogP contribution in [-0.4, -0.2) is 42.7 Å². The van der Waals surface area contributed by atoms with Crippen LogP contribution in [0.5, 0.6) is 0 Å². The van der Waals surface area contributed by atoms with Crippen molar-refractivity contribution in [2.75, 3.05) is 11.5 Å². The lowest BCUT2D eigenvalue weighted by Crippen LogP contribution is -2.35. The van der Waals surface area contributed by atoms with E-state index in [9.17, 15) is 13.2 Å². The second kappa shape index (κ2) is 11.2. The first-order valence-corrected chi connectivity index (χ1v) is 16.9. The van der Waals surface area contributed by atoms with Gasteiger partial charge in [-0.1, -0.05) is 55.8 Å². The summed E-state index contributed by atoms with van der Waals surface area (Å²) >= 11 is 0. The number of carbonyl (C=O) groups excluding carboxylic acids is 1. The number of sulfone groups is 1. The van der Waals surface area contributed by atoms with Crippen molar-refractivity contribution in [3.63, 3.8) is 0 Å². The van der Waals surface area contributed by atoms with E-state index in [0.717, 1.165) is 72.5 Å². The Kier molecular flexibility index (Phi) is 7.58. The maximum Gasteiger partial charge on any atom is 0.164 e. The molecule has 3 heterocycles. The number of allylic oxidation sites excluding steroid dienone is 2. The fraction of sp³-hybridized carbons (Fsp3) is 0.441. The number of H-pyrrole nitrogens is 1. The Morgan fingerprint density at radius 1 is 1.15 bits per heavy atom. The van der Waals surface area contributed by atoms with Gasteiger partial charge in [0, 0.05) is 41.1 Å². The minimum atomic E-state index is -2.88. The molecule has 41 heavy (non-hydrogen) atoms. The molecule has 7 heteroatoms. The molecule has 1 saturated heterocycles. The molecule has 0 amide bonds. The number of carbonyl (C=O) groups is 1. The average Bonchev–Trinajstić information content (AvgIpc) is 3.47. The van der Waals surface area contributed by atoms with Gasteiger partial charge in [0.1, 0.15) is 5.84 Å². The fourth-order valence-corrected chi connectivity index (χ4v) is 8.93. The lowest BCUT2D eigenvalue weighted by atomic mass is 9.60. The number of benzene rings is 2. The summed E-state index contributed by atoms with van der Waals surface area (Å²) in [7, 11) is -2.88. The molecular formula is C34H39N3O3S. The third-order valence-corrected chi connectivity index (χ3v) is 11.5. The first-order valence-electron chi connectivity index (χ1n) is 15.1. The van der Waals surface area contributed by atoms with E-state index < -0.39 is 9.84 Å². The molecule has 6 nitrogen and oxygen atoms in total. The molecule has 0 radical (unpaired) electrons. The Balaban J connectivity index is 1.21. The van der Waals surface area contributed by atoms with Gasteiger partial charge >= 0.3 is 0 Å². The number of rotatable bonds is 9. The molecule has 1 aliphatic carbocycles. The van der Waals surface area contributed by atoms with Crippen LogP contribution in [0.4, 0.5) is 0 Å². The van der Waals surface area contributed by atoms with Crippen LogP contribution in [0.3, 0.4) is 0 Å². The number of aliphatic imine (C=N–C) groups is 1. The highest BCUT2D eigenvalue weighted by atomic mass is 32.2. The fourth-order valence-electron chi connectivity index (χ4n) is 7.02. The van der Waals surface area contributed by atoms with Gasteiger partial charge in [-0.25, -0.2) is 13.4 Å². The molecule has 2 aromatic carbocycles. The van der Waals surface area contributed by atoms with Crippen molar-refractivity contribution in [1.29, 1.82) is 5.41 Å². The Morgan fingerprint density at radius 3 is 2.63 bits per heavy atom. The standard InChI is InChI=1S/C34H39N3O3S/c1-2-24-10-11-26(20-37-33(24)35)25-12-14-27(15-13-25)34(17-5-18-34)30-21-36-32-28(30)7-4-8-29(32)31(38)9-3-6-23-16-19-41(39,40)22-23/h4,7-8,11-15,20-21,23-24,35-36H,2-3,5-6,9-10,16-19,22H2,1H3. The topological polar surface area (TPSA) is 103 Å². The normalized spacial score (nSPS) is 23.2. The Morgan fingerprint density at radius 2 is 1.95 bits per heavy atom. The molecule has 3 aliphatic rings. The van der Waals surface area contributed by atoms with Crippen LogP contribution in [0.15, 0.2) is 59.7 Å². The summed E-state index contributed by atoms with van der Waals surface area (Å²) in [4.78, 5) is 21.1. The van der Waals surface area contributed by atoms with Crippen LogP contribution in [0, 0.1) is 17.2 Å². The van der Waals surface area contributed by atoms with E-state index in [2.05, 4.69) is 59.5 Å². The van der Waals surface area contributed by atoms with E-state index in [1.165, 1.54) is 17.5 Å². The highest BCUT2D eigenvalue weighted by Crippen LogP contribution is 2.51. The number of Topliss-reactive ketones (excluding diaryl/α,β-unsaturated/α-hetero) is 1. The number of para-hydroxylation sites is 1. The number of nitrogens with one attached hydrogen (secondary N) is 2. The van der Waals surface area contributed by atoms with E-state index >= 15 is 0 Å². The monoisotopic (exact) mass is 569 g/mol. The van der Waals surface area contributed by atoms with E-state index in [0.29, 0.717) is 12.3 Å². The number of aromatic amines is 1. The summed E-state index contributed by atoms with van der Waals surface area (Å²) in [6, 6.07) is 14.9. The molecular weight excluding hydrogens is 530 g/mol. The van der Waals surface area contributed by atoms with Crippen molar-refractivity contribution in [3.05, 3.63) is 77.0 Å². The van der Waals surface area contributed by atoms with Gasteiger partial charge in [0.2, 0.25) is 0 Å². The molecule has 6 rings (SSSR count). The number of aromatic nitrogens is 1. The van der Waals surface area contributed by atoms with E-state index in [1.807, 2.05) is 18.3 Å². The summed E-state index contributed by atoms with van der Waals surface area (Å²) in [5.41, 5.74) is 6.31. The van der Waals surface area contributed by atoms with Gasteiger partial charge in [-0.05, 0) is 79.2 Å². The summed E-state index contributed by atoms with van der Waals surface area (Å²) in [6.45, 7) is 2.11. The molecule has 2 aliphatic heterocycles. The van der Waals surface area contributed by atoms with Gasteiger partial charge in [0.05, 0.1) is 17.0 Å². The Bertz CT molecular complexity index is 1640. The molecule has 214 valence electrons. The van der Waals surface area contributed by atoms with Crippen LogP contribution in [-0.2, 0) is 15.3 Å². The summed E-state index contributed by atoms with van der Waals surface area (Å²) < 4.78 is 23.5. The van der Waals surface area contributed by atoms with Crippen molar-refractivity contribution in [2.45, 2.75) is 70.1 Å². The Labute approximate surface area is 242 Å². The van der Waals surface area contributed by atoms with Gasteiger partial charge in [-0.15, -0.1) is 0 Å². The first kappa shape index (κ1) is 27.8. The van der Waals surface area contributed by atoms with Crippen molar-refractivity contribution in [2.24, 2.45) is 16.8 Å². The zero-order valence-electron chi connectivity index (χ0n) is 23.8. The lowest BCUT2D eigenvalue weighted by Gasteiger charge is -2.43. The van der Waals surface area contributed by atoms with Crippen molar-refractivity contribution in [1.82, 2.24) is 4.98 Å². The second-order valence-electron chi connectivity index (χ2n) is 12.2. The summed E-state index contributed by atoms with van der Waals surface area (Å²) in [6.07, 6.45) is 13.9. The predicted molar refractivity (Wildman–Crippen MR) is 167 cm³/mol. The predicted octanol–water partition coefficient (Wildman–Crippen LogP) is 7.29. The third kappa shape index (κ3) is 5.36. The number of nitrogens with zero attached hydrogens (tertiary/aromatic N) is 1. The molecule has 0 spiro atoms. The van der Waals surface area contributed by atoms with E-state index in [1.54, 1.807) is 0 Å². The first-order chi connectivity index (χ1) is 19.8. The zero-order chi connectivity index (χ0) is 28.6. The number of fused-ring (bicyclic) bond motifs is 1. The largest absolute Gasteiger partial charge is 0.360 e. The molecule has 2 fully saturated rings. The molecule has 1 aromatic heterocycles. The molecule has 2 atom stereocenters. The number of hydrogen-bond donors (Lipinski definition) is 2. The molecule has 2 unspecified atom stereocenters. The molecule has 0 bridgehead atoms. The maximum absolute atomic E-state index is 13.3. The van der Waals surface area contributed by atoms with E-state index in [4.69, 9.17) is 5.41 Å². The third-order valence-electron chi connectivity index (χ3n) is 9.70. The van der Waals surface area contributed by atoms with Gasteiger partial charge in [-0.2, -0.15) is 0 Å². The highest BCUT2D eigenvalue weighted by molar-refractivity contribution is 7.91. The van der Waals surface area contributed by atoms with Gasteiger partial charge < -0.3 is 4.98 Å². The van der Waals surface area contributed by atoms with Gasteiger partial charge in [-0.3, -0.25) is 10.2 Å². The molecule has 2 N–H and O–H groups in total. The van der Waals surface area contributed by atoms with Crippen molar-refractivity contribution < 1.29 is 13.2 Å². The molecule has 1 saturated carbocycles. The van der Waals surface area contributed by atoms with E-state index in [-0.39, 0.29) is 34.5 Å². The van der Waals surface area contributed by atoms with Gasteiger partial charge in [0.25, 0.3) is 0 Å². The minimum absolute atomic E-state index is 0.0756. The molecule has 3 aromatic rings. The number of ketones is 1. The number of amidine groups is 1. The highest BCUT2D eigenvalue weighted by Gasteiger charge is 2.42. The van der Waals surface area contributed by atoms with Crippen LogP contribution in [0.2, 0.25) is 0 Å². The summed E-state index contributed by atoms with van der Waals surface area (Å²) in [5, 5.41) is 9.30. The van der Waals surface area contributed by atoms with Crippen molar-refractivity contribution in [3.8, 4) is 0 Å². The van der Waals surface area contributed by atoms with Gasteiger partial charge in [0.15, 0.2) is 15.6 Å². The Hall–Kier alpha value is -3.32. The van der Waals surface area contributed by atoms with Crippen LogP contribution in [0.25, 0.3) is 16.5 Å². The number of hydrogen-bond acceptors (Lipinski definition) is 4. The quantitative estimate of drug-likeness (QED) is 0.265. The van der Waals surface area contributed by atoms with Crippen LogP contribution >= 0.6 is 0 Å². The second-order valence-corrected chi connectivity index (χ2v) is 14.4. The SMILES string of the molecule is CCC1CC=C(c2ccc(C3(c4c[nH]c5c(C(=O)CCCC6CCS(=O)(=O)C6)cccc45)CCC3)cc2)C=NC1=N. The zero-order valence-corrected chi connectivity index (χ0v) is 24.6. The average molecular weight is 570 g/mol. The van der Waals surface area contributed by atoms with Crippen LogP contribution < -0.4 is 0 Å². The van der Waals surface area contributed by atoms with Crippen molar-refractivity contribution >= 4 is 44.1 Å². The minimum Gasteiger partial charge on any atom is -0.360 e. The maximum atomic E-state index is 13.3. The lowest BCUT2D eigenvalue weighted by molar-refractivity contribution is 0.0979. The smallest absolute Gasteiger partial charge is 0.164 e. The summed E-state index contributed by atoms with van der Waals surface area (Å²) in [5.74, 6) is 1.52. The van der Waals surface area contributed by atoms with Crippen LogP contribution in [0.1, 0.15) is 91.8 Å².